The molecule has 56 valence electrons. The van der Waals surface area contributed by atoms with Crippen molar-refractivity contribution in [3.05, 3.63) is 0 Å². The zero-order valence-electron chi connectivity index (χ0n) is 6.18. The second-order valence-corrected chi connectivity index (χ2v) is 1.59. The molecule has 0 spiro atoms. The van der Waals surface area contributed by atoms with E-state index in [0.717, 1.165) is 0 Å². The van der Waals surface area contributed by atoms with Crippen LogP contribution in [-0.2, 0) is 0 Å². The predicted octanol–water partition coefficient (Wildman–Crippen LogP) is -0.630. The Hall–Kier alpha value is -1.40. The quantitative estimate of drug-likeness (QED) is 0.486. The van der Waals surface area contributed by atoms with Gasteiger partial charge >= 0.3 is 0 Å². The van der Waals surface area contributed by atoms with Gasteiger partial charge < -0.3 is 10.2 Å². The molecule has 2 N–H and O–H groups in total. The standard InChI is InChI=1S/C9H8O2/c1-2-3-4-5-6-7-9(11)8-10/h9-11H,8H2,1H3. The van der Waals surface area contributed by atoms with Crippen molar-refractivity contribution in [1.29, 1.82) is 0 Å². The SMILES string of the molecule is CC#CC#CC#CC(O)CO. The summed E-state index contributed by atoms with van der Waals surface area (Å²) in [5.41, 5.74) is 0. The Morgan fingerprint density at radius 2 is 1.82 bits per heavy atom. The summed E-state index contributed by atoms with van der Waals surface area (Å²) in [6, 6.07) is 0. The minimum Gasteiger partial charge on any atom is -0.393 e. The van der Waals surface area contributed by atoms with Gasteiger partial charge in [0, 0.05) is 0 Å². The van der Waals surface area contributed by atoms with E-state index in [2.05, 4.69) is 35.5 Å². The molecule has 0 rings (SSSR count). The number of hydrogen-bond acceptors (Lipinski definition) is 2. The highest BCUT2D eigenvalue weighted by atomic mass is 16.3. The van der Waals surface area contributed by atoms with Gasteiger partial charge in [-0.05, 0) is 30.6 Å². The normalized spacial score (nSPS) is 9.00. The molecule has 0 aromatic carbocycles. The first-order valence-corrected chi connectivity index (χ1v) is 3.02. The molecular formula is C9H8O2. The summed E-state index contributed by atoms with van der Waals surface area (Å²) in [6.45, 7) is 1.30. The van der Waals surface area contributed by atoms with Crippen molar-refractivity contribution in [3.63, 3.8) is 0 Å². The minimum absolute atomic E-state index is 0.367. The lowest BCUT2D eigenvalue weighted by atomic mass is 10.4. The van der Waals surface area contributed by atoms with Crippen LogP contribution in [0.2, 0.25) is 0 Å². The second-order valence-electron chi connectivity index (χ2n) is 1.59. The molecule has 0 aromatic heterocycles. The minimum atomic E-state index is -1.00. The first-order chi connectivity index (χ1) is 5.31. The van der Waals surface area contributed by atoms with Crippen LogP contribution in [0.15, 0.2) is 0 Å². The summed E-state index contributed by atoms with van der Waals surface area (Å²) in [4.78, 5) is 0. The third kappa shape index (κ3) is 6.49. The van der Waals surface area contributed by atoms with E-state index in [-0.39, 0.29) is 6.61 Å². The topological polar surface area (TPSA) is 40.5 Å². The van der Waals surface area contributed by atoms with Gasteiger partial charge in [-0.1, -0.05) is 11.8 Å². The Kier molecular flexibility index (Phi) is 5.86. The maximum atomic E-state index is 8.69. The molecule has 0 amide bonds. The van der Waals surface area contributed by atoms with Crippen molar-refractivity contribution in [1.82, 2.24) is 0 Å². The van der Waals surface area contributed by atoms with E-state index in [0.29, 0.717) is 0 Å². The van der Waals surface area contributed by atoms with Gasteiger partial charge in [-0.2, -0.15) is 0 Å². The summed E-state index contributed by atoms with van der Waals surface area (Å²) in [5.74, 6) is 14.5. The molecule has 0 aromatic rings. The Morgan fingerprint density at radius 3 is 2.36 bits per heavy atom. The summed E-state index contributed by atoms with van der Waals surface area (Å²) in [6.07, 6.45) is -1.00. The molecule has 1 unspecified atom stereocenters. The molecule has 11 heavy (non-hydrogen) atoms. The molecule has 0 aliphatic heterocycles. The predicted molar refractivity (Wildman–Crippen MR) is 42.1 cm³/mol. The maximum absolute atomic E-state index is 8.69. The van der Waals surface area contributed by atoms with E-state index in [1.165, 1.54) is 0 Å². The summed E-state index contributed by atoms with van der Waals surface area (Å²) in [5, 5.41) is 17.0. The van der Waals surface area contributed by atoms with Crippen LogP contribution in [0, 0.1) is 35.5 Å². The van der Waals surface area contributed by atoms with Crippen molar-refractivity contribution in [3.8, 4) is 35.5 Å². The molecule has 0 aliphatic rings. The fourth-order valence-corrected chi connectivity index (χ4v) is 0.290. The monoisotopic (exact) mass is 148 g/mol. The highest BCUT2D eigenvalue weighted by Gasteiger charge is 1.90. The van der Waals surface area contributed by atoms with Crippen LogP contribution in [-0.4, -0.2) is 22.9 Å². The van der Waals surface area contributed by atoms with E-state index < -0.39 is 6.10 Å². The molecule has 1 atom stereocenters. The molecule has 2 heteroatoms. The van der Waals surface area contributed by atoms with Crippen LogP contribution in [0.3, 0.4) is 0 Å². The Morgan fingerprint density at radius 1 is 1.18 bits per heavy atom. The van der Waals surface area contributed by atoms with Crippen LogP contribution in [0.1, 0.15) is 6.92 Å². The molecule has 0 fully saturated rings. The smallest absolute Gasteiger partial charge is 0.138 e. The highest BCUT2D eigenvalue weighted by molar-refractivity contribution is 5.35. The van der Waals surface area contributed by atoms with Gasteiger partial charge in [0.1, 0.15) is 6.10 Å². The van der Waals surface area contributed by atoms with Crippen LogP contribution in [0.5, 0.6) is 0 Å². The van der Waals surface area contributed by atoms with Gasteiger partial charge in [-0.25, -0.2) is 0 Å². The molecule has 2 nitrogen and oxygen atoms in total. The van der Waals surface area contributed by atoms with E-state index >= 15 is 0 Å². The van der Waals surface area contributed by atoms with Gasteiger partial charge in [0.25, 0.3) is 0 Å². The van der Waals surface area contributed by atoms with Crippen LogP contribution < -0.4 is 0 Å². The van der Waals surface area contributed by atoms with Crippen LogP contribution in [0.25, 0.3) is 0 Å². The first-order valence-electron chi connectivity index (χ1n) is 3.02. The van der Waals surface area contributed by atoms with Crippen molar-refractivity contribution >= 4 is 0 Å². The zero-order valence-corrected chi connectivity index (χ0v) is 6.18. The number of rotatable bonds is 1. The molecule has 0 bridgehead atoms. The van der Waals surface area contributed by atoms with Crippen molar-refractivity contribution < 1.29 is 10.2 Å². The Labute approximate surface area is 66.2 Å². The first kappa shape index (κ1) is 9.60. The van der Waals surface area contributed by atoms with E-state index in [1.807, 2.05) is 0 Å². The fraction of sp³-hybridized carbons (Fsp3) is 0.333. The van der Waals surface area contributed by atoms with Crippen LogP contribution in [0.4, 0.5) is 0 Å². The van der Waals surface area contributed by atoms with Gasteiger partial charge in [-0.3, -0.25) is 0 Å². The zero-order chi connectivity index (χ0) is 8.53. The maximum Gasteiger partial charge on any atom is 0.138 e. The van der Waals surface area contributed by atoms with Gasteiger partial charge in [0.05, 0.1) is 6.61 Å². The average molecular weight is 148 g/mol. The van der Waals surface area contributed by atoms with Crippen molar-refractivity contribution in [2.75, 3.05) is 6.61 Å². The van der Waals surface area contributed by atoms with E-state index in [4.69, 9.17) is 10.2 Å². The summed E-state index contributed by atoms with van der Waals surface area (Å²) in [7, 11) is 0. The third-order valence-corrected chi connectivity index (χ3v) is 0.724. The number of aliphatic hydroxyl groups excluding tert-OH is 2. The molecular weight excluding hydrogens is 140 g/mol. The third-order valence-electron chi connectivity index (χ3n) is 0.724. The Bertz CT molecular complexity index is 272. The van der Waals surface area contributed by atoms with E-state index in [9.17, 15) is 0 Å². The van der Waals surface area contributed by atoms with Crippen LogP contribution >= 0.6 is 0 Å². The molecule has 0 aliphatic carbocycles. The fourth-order valence-electron chi connectivity index (χ4n) is 0.290. The lowest BCUT2D eigenvalue weighted by Gasteiger charge is -1.90. The lowest BCUT2D eigenvalue weighted by molar-refractivity contribution is 0.138. The largest absolute Gasteiger partial charge is 0.393 e. The van der Waals surface area contributed by atoms with Gasteiger partial charge in [0.15, 0.2) is 0 Å². The summed E-state index contributed by atoms with van der Waals surface area (Å²) < 4.78 is 0. The molecule has 0 radical (unpaired) electrons. The second kappa shape index (κ2) is 6.72. The van der Waals surface area contributed by atoms with Crippen molar-refractivity contribution in [2.45, 2.75) is 13.0 Å². The number of aliphatic hydroxyl groups is 2. The molecule has 0 heterocycles. The van der Waals surface area contributed by atoms with E-state index in [1.54, 1.807) is 6.92 Å². The van der Waals surface area contributed by atoms with Gasteiger partial charge in [-0.15, -0.1) is 0 Å². The Balaban J connectivity index is 3.89. The average Bonchev–Trinajstić information content (AvgIpc) is 2.04. The molecule has 0 saturated carbocycles. The van der Waals surface area contributed by atoms with Crippen molar-refractivity contribution in [2.24, 2.45) is 0 Å². The number of hydrogen-bond donors (Lipinski definition) is 2. The molecule has 0 saturated heterocycles. The summed E-state index contributed by atoms with van der Waals surface area (Å²) >= 11 is 0. The highest BCUT2D eigenvalue weighted by Crippen LogP contribution is 1.72. The van der Waals surface area contributed by atoms with Gasteiger partial charge in [0.2, 0.25) is 0 Å². The lowest BCUT2D eigenvalue weighted by Crippen LogP contribution is -2.07.